The number of hydrogen-bond acceptors (Lipinski definition) is 5. The Morgan fingerprint density at radius 2 is 2.30 bits per heavy atom. The maximum atomic E-state index is 12.0. The van der Waals surface area contributed by atoms with Gasteiger partial charge in [0.15, 0.2) is 0 Å². The van der Waals surface area contributed by atoms with E-state index < -0.39 is 5.54 Å². The molecule has 0 saturated carbocycles. The molecule has 0 aromatic heterocycles. The second-order valence-electron chi connectivity index (χ2n) is 5.98. The van der Waals surface area contributed by atoms with Crippen molar-refractivity contribution in [3.8, 4) is 0 Å². The molecule has 0 aromatic carbocycles. The van der Waals surface area contributed by atoms with Gasteiger partial charge in [-0.15, -0.1) is 0 Å². The van der Waals surface area contributed by atoms with Crippen LogP contribution < -0.4 is 11.1 Å². The number of carbonyl (C=O) groups is 1. The number of nitrogens with one attached hydrogen (secondary N) is 1. The third-order valence-corrected chi connectivity index (χ3v) is 4.45. The molecule has 2 heterocycles. The molecule has 3 aliphatic rings. The summed E-state index contributed by atoms with van der Waals surface area (Å²) in [5.41, 5.74) is 8.05. The Bertz CT molecular complexity index is 658. The van der Waals surface area contributed by atoms with Crippen molar-refractivity contribution in [1.82, 2.24) is 10.2 Å². The molecule has 6 nitrogen and oxygen atoms in total. The lowest BCUT2D eigenvalue weighted by Gasteiger charge is -2.41. The Kier molecular flexibility index (Phi) is 4.17. The van der Waals surface area contributed by atoms with E-state index in [0.29, 0.717) is 25.2 Å². The summed E-state index contributed by atoms with van der Waals surface area (Å²) in [6.07, 6.45) is 10.9. The molecule has 3 N–H and O–H groups in total. The molecule has 1 amide bonds. The van der Waals surface area contributed by atoms with E-state index in [1.54, 1.807) is 6.21 Å². The molecule has 6 heteroatoms. The van der Waals surface area contributed by atoms with Gasteiger partial charge in [0.2, 0.25) is 5.91 Å². The Morgan fingerprint density at radius 3 is 3.09 bits per heavy atom. The monoisotopic (exact) mass is 313 g/mol. The van der Waals surface area contributed by atoms with Crippen LogP contribution in [0.3, 0.4) is 0 Å². The molecule has 0 aromatic rings. The fraction of sp³-hybridized carbons (Fsp3) is 0.471. The van der Waals surface area contributed by atoms with Gasteiger partial charge in [-0.3, -0.25) is 19.7 Å². The van der Waals surface area contributed by atoms with Crippen molar-refractivity contribution in [3.63, 3.8) is 0 Å². The summed E-state index contributed by atoms with van der Waals surface area (Å²) in [4.78, 5) is 23.4. The maximum absolute atomic E-state index is 12.0. The molecule has 2 unspecified atom stereocenters. The van der Waals surface area contributed by atoms with Crippen molar-refractivity contribution in [2.24, 2.45) is 15.7 Å². The summed E-state index contributed by atoms with van der Waals surface area (Å²) in [5.74, 6) is 0.0667. The lowest BCUT2D eigenvalue weighted by Crippen LogP contribution is -2.55. The number of nitrogens with two attached hydrogens (primary N) is 1. The number of nitrogens with zero attached hydrogens (tertiary/aromatic N) is 3. The molecule has 0 bridgehead atoms. The zero-order valence-corrected chi connectivity index (χ0v) is 13.6. The summed E-state index contributed by atoms with van der Waals surface area (Å²) in [7, 11) is 0. The van der Waals surface area contributed by atoms with E-state index in [1.165, 1.54) is 0 Å². The van der Waals surface area contributed by atoms with Gasteiger partial charge in [-0.2, -0.15) is 0 Å². The van der Waals surface area contributed by atoms with E-state index in [1.807, 2.05) is 32.1 Å². The van der Waals surface area contributed by atoms with Crippen LogP contribution in [0.5, 0.6) is 0 Å². The van der Waals surface area contributed by atoms with E-state index in [0.717, 1.165) is 17.8 Å². The van der Waals surface area contributed by atoms with E-state index >= 15 is 0 Å². The summed E-state index contributed by atoms with van der Waals surface area (Å²) in [6, 6.07) is 0. The Balaban J connectivity index is 1.83. The highest BCUT2D eigenvalue weighted by Gasteiger charge is 2.51. The van der Waals surface area contributed by atoms with Crippen molar-refractivity contribution in [1.29, 1.82) is 0 Å². The first kappa shape index (κ1) is 15.7. The minimum atomic E-state index is -0.530. The lowest BCUT2D eigenvalue weighted by atomic mass is 9.81. The number of rotatable bonds is 5. The minimum absolute atomic E-state index is 0.0459. The molecule has 1 aliphatic carbocycles. The van der Waals surface area contributed by atoms with Crippen LogP contribution in [0.1, 0.15) is 26.7 Å². The molecule has 2 aliphatic heterocycles. The molecular formula is C17H23N5O. The fourth-order valence-electron chi connectivity index (χ4n) is 3.37. The third kappa shape index (κ3) is 2.53. The Labute approximate surface area is 136 Å². The second-order valence-corrected chi connectivity index (χ2v) is 5.98. The van der Waals surface area contributed by atoms with Gasteiger partial charge in [-0.1, -0.05) is 13.0 Å². The standard InChI is InChI=1S/C17H23N5O/c1-3-9-20-15(23)7-11-22-12(2)21-16-13(18)5-6-14-17(16,22)8-4-10-19-14/h4-6,8,10,12H,3,7,9,11,18H2,1-2H3,(H,20,23). The lowest BCUT2D eigenvalue weighted by molar-refractivity contribution is -0.121. The normalized spacial score (nSPS) is 28.6. The largest absolute Gasteiger partial charge is 0.397 e. The van der Waals surface area contributed by atoms with Crippen LogP contribution in [0.25, 0.3) is 0 Å². The van der Waals surface area contributed by atoms with Crippen LogP contribution in [-0.2, 0) is 4.79 Å². The number of carbonyl (C=O) groups excluding carboxylic acids is 1. The number of dihydropyridines is 1. The molecule has 0 fully saturated rings. The number of aliphatic imine (C=N–C) groups is 2. The molecular weight excluding hydrogens is 290 g/mol. The van der Waals surface area contributed by atoms with Crippen LogP contribution in [-0.4, -0.2) is 47.5 Å². The summed E-state index contributed by atoms with van der Waals surface area (Å²) >= 11 is 0. The number of amides is 1. The van der Waals surface area contributed by atoms with Crippen molar-refractivity contribution >= 4 is 17.8 Å². The van der Waals surface area contributed by atoms with Crippen LogP contribution in [0.15, 0.2) is 45.7 Å². The van der Waals surface area contributed by atoms with Gasteiger partial charge >= 0.3 is 0 Å². The van der Waals surface area contributed by atoms with E-state index in [-0.39, 0.29) is 12.1 Å². The topological polar surface area (TPSA) is 83.1 Å². The van der Waals surface area contributed by atoms with Crippen molar-refractivity contribution in [3.05, 3.63) is 35.7 Å². The van der Waals surface area contributed by atoms with Crippen LogP contribution >= 0.6 is 0 Å². The summed E-state index contributed by atoms with van der Waals surface area (Å²) < 4.78 is 0. The van der Waals surface area contributed by atoms with E-state index in [2.05, 4.69) is 21.3 Å². The highest BCUT2D eigenvalue weighted by atomic mass is 16.1. The average molecular weight is 313 g/mol. The van der Waals surface area contributed by atoms with Crippen molar-refractivity contribution in [2.75, 3.05) is 13.1 Å². The Morgan fingerprint density at radius 1 is 1.48 bits per heavy atom. The number of allylic oxidation sites excluding steroid dienone is 3. The molecule has 122 valence electrons. The van der Waals surface area contributed by atoms with Crippen molar-refractivity contribution in [2.45, 2.75) is 38.4 Å². The first-order valence-corrected chi connectivity index (χ1v) is 8.11. The van der Waals surface area contributed by atoms with Gasteiger partial charge in [0.25, 0.3) is 0 Å². The van der Waals surface area contributed by atoms with Crippen molar-refractivity contribution < 1.29 is 4.79 Å². The molecule has 23 heavy (non-hydrogen) atoms. The molecule has 1 spiro atoms. The minimum Gasteiger partial charge on any atom is -0.397 e. The predicted molar refractivity (Wildman–Crippen MR) is 92.2 cm³/mol. The fourth-order valence-corrected chi connectivity index (χ4v) is 3.37. The van der Waals surface area contributed by atoms with Gasteiger partial charge in [0.1, 0.15) is 11.7 Å². The summed E-state index contributed by atoms with van der Waals surface area (Å²) in [6.45, 7) is 5.39. The first-order valence-electron chi connectivity index (χ1n) is 8.11. The second kappa shape index (κ2) is 6.12. The van der Waals surface area contributed by atoms with Gasteiger partial charge in [-0.05, 0) is 31.6 Å². The Hall–Kier alpha value is -2.21. The van der Waals surface area contributed by atoms with Crippen LogP contribution in [0, 0.1) is 0 Å². The third-order valence-electron chi connectivity index (χ3n) is 4.45. The molecule has 3 rings (SSSR count). The highest BCUT2D eigenvalue weighted by Crippen LogP contribution is 2.41. The van der Waals surface area contributed by atoms with Gasteiger partial charge in [0.05, 0.1) is 17.1 Å². The predicted octanol–water partition coefficient (Wildman–Crippen LogP) is 1.12. The quantitative estimate of drug-likeness (QED) is 0.798. The van der Waals surface area contributed by atoms with E-state index in [4.69, 9.17) is 10.7 Å². The van der Waals surface area contributed by atoms with Gasteiger partial charge in [-0.25, -0.2) is 0 Å². The SMILES string of the molecule is CCCNC(=O)CCN1C(C)N=C2C(N)=CC=C3N=CC=CC321. The van der Waals surface area contributed by atoms with Gasteiger partial charge < -0.3 is 11.1 Å². The molecule has 2 atom stereocenters. The van der Waals surface area contributed by atoms with Crippen LogP contribution in [0.2, 0.25) is 0 Å². The smallest absolute Gasteiger partial charge is 0.221 e. The zero-order valence-electron chi connectivity index (χ0n) is 13.6. The zero-order chi connectivity index (χ0) is 16.4. The van der Waals surface area contributed by atoms with Crippen LogP contribution in [0.4, 0.5) is 0 Å². The number of hydrogen-bond donors (Lipinski definition) is 2. The summed E-state index contributed by atoms with van der Waals surface area (Å²) in [5, 5.41) is 2.92. The average Bonchev–Trinajstić information content (AvgIpc) is 2.83. The molecule has 0 radical (unpaired) electrons. The highest BCUT2D eigenvalue weighted by molar-refractivity contribution is 6.13. The molecule has 0 saturated heterocycles. The maximum Gasteiger partial charge on any atom is 0.221 e. The first-order chi connectivity index (χ1) is 11.1. The van der Waals surface area contributed by atoms with Gasteiger partial charge in [0, 0.05) is 25.7 Å². The van der Waals surface area contributed by atoms with E-state index in [9.17, 15) is 4.79 Å².